The molecular formula is C21H20N4O4. The maximum absolute atomic E-state index is 13.3. The van der Waals surface area contributed by atoms with Crippen molar-refractivity contribution in [2.75, 3.05) is 19.5 Å². The summed E-state index contributed by atoms with van der Waals surface area (Å²) in [6.07, 6.45) is 4.15. The Kier molecular flexibility index (Phi) is 4.12. The van der Waals surface area contributed by atoms with E-state index in [1.165, 1.54) is 6.33 Å². The van der Waals surface area contributed by atoms with Gasteiger partial charge in [-0.3, -0.25) is 4.79 Å². The third-order valence-corrected chi connectivity index (χ3v) is 5.54. The van der Waals surface area contributed by atoms with Gasteiger partial charge >= 0.3 is 0 Å². The van der Waals surface area contributed by atoms with Crippen LogP contribution in [-0.2, 0) is 4.79 Å². The Morgan fingerprint density at radius 2 is 2.10 bits per heavy atom. The number of Topliss-reactive ketones (excluding diaryl/α,β-unsaturated/α-hetero) is 1. The van der Waals surface area contributed by atoms with Gasteiger partial charge in [0, 0.05) is 29.2 Å². The van der Waals surface area contributed by atoms with Crippen LogP contribution in [0.5, 0.6) is 11.5 Å². The quantitative estimate of drug-likeness (QED) is 0.728. The summed E-state index contributed by atoms with van der Waals surface area (Å²) in [6, 6.07) is 8.87. The number of anilines is 1. The number of hydrogen-bond acceptors (Lipinski definition) is 7. The van der Waals surface area contributed by atoms with Gasteiger partial charge in [0.15, 0.2) is 5.78 Å². The van der Waals surface area contributed by atoms with Gasteiger partial charge < -0.3 is 19.2 Å². The van der Waals surface area contributed by atoms with Crippen molar-refractivity contribution in [2.45, 2.75) is 24.8 Å². The number of nitrogens with zero attached hydrogens (tertiary/aromatic N) is 3. The lowest BCUT2D eigenvalue weighted by Gasteiger charge is -2.35. The Bertz CT molecular complexity index is 1100. The predicted molar refractivity (Wildman–Crippen MR) is 104 cm³/mol. The van der Waals surface area contributed by atoms with Crippen LogP contribution in [-0.4, -0.2) is 34.8 Å². The lowest BCUT2D eigenvalue weighted by molar-refractivity contribution is -0.117. The zero-order valence-electron chi connectivity index (χ0n) is 16.1. The van der Waals surface area contributed by atoms with Crippen molar-refractivity contribution in [2.24, 2.45) is 0 Å². The molecule has 8 nitrogen and oxygen atoms in total. The van der Waals surface area contributed by atoms with E-state index >= 15 is 0 Å². The highest BCUT2D eigenvalue weighted by Gasteiger charge is 2.41. The maximum Gasteiger partial charge on any atom is 0.226 e. The standard InChI is InChI=1S/C21H20N4O4/c1-27-13-5-6-18(28-2)14(10-13)20-19-15(24-21-22-11-23-25(20)21)8-12(9-16(19)26)17-4-3-7-29-17/h3-7,10-12,20H,8-9H2,1-2H3,(H,22,23,24)/t12-,20+/m1/s1. The van der Waals surface area contributed by atoms with Crippen LogP contribution in [0.3, 0.4) is 0 Å². The van der Waals surface area contributed by atoms with E-state index in [0.717, 1.165) is 17.0 Å². The Labute approximate surface area is 167 Å². The summed E-state index contributed by atoms with van der Waals surface area (Å²) in [5.74, 6) is 2.79. The highest BCUT2D eigenvalue weighted by Crippen LogP contribution is 2.46. The molecule has 3 aromatic rings. The Balaban J connectivity index is 1.66. The van der Waals surface area contributed by atoms with Gasteiger partial charge in [-0.05, 0) is 36.8 Å². The third kappa shape index (κ3) is 2.79. The molecule has 29 heavy (non-hydrogen) atoms. The number of benzene rings is 1. The molecule has 0 amide bonds. The van der Waals surface area contributed by atoms with E-state index in [0.29, 0.717) is 35.9 Å². The molecule has 148 valence electrons. The first-order chi connectivity index (χ1) is 14.2. The second-order valence-corrected chi connectivity index (χ2v) is 7.10. The molecule has 2 aliphatic rings. The molecule has 0 radical (unpaired) electrons. The number of hydrogen-bond donors (Lipinski definition) is 1. The average Bonchev–Trinajstić information content (AvgIpc) is 3.43. The number of carbonyl (C=O) groups is 1. The van der Waals surface area contributed by atoms with Crippen molar-refractivity contribution >= 4 is 11.7 Å². The van der Waals surface area contributed by atoms with Crippen LogP contribution in [0.25, 0.3) is 0 Å². The molecule has 1 aliphatic carbocycles. The van der Waals surface area contributed by atoms with Gasteiger partial charge in [0.25, 0.3) is 0 Å². The van der Waals surface area contributed by atoms with Gasteiger partial charge in [0.2, 0.25) is 5.95 Å². The Morgan fingerprint density at radius 1 is 1.21 bits per heavy atom. The van der Waals surface area contributed by atoms with Crippen molar-refractivity contribution in [3.63, 3.8) is 0 Å². The molecule has 3 heterocycles. The summed E-state index contributed by atoms with van der Waals surface area (Å²) >= 11 is 0. The first kappa shape index (κ1) is 17.5. The Morgan fingerprint density at radius 3 is 2.86 bits per heavy atom. The summed E-state index contributed by atoms with van der Waals surface area (Å²) in [5.41, 5.74) is 2.33. The second-order valence-electron chi connectivity index (χ2n) is 7.10. The van der Waals surface area contributed by atoms with E-state index in [4.69, 9.17) is 13.9 Å². The van der Waals surface area contributed by atoms with E-state index in [9.17, 15) is 4.79 Å². The molecule has 8 heteroatoms. The molecule has 0 saturated heterocycles. The molecule has 1 aliphatic heterocycles. The largest absolute Gasteiger partial charge is 0.497 e. The molecule has 0 bridgehead atoms. The monoisotopic (exact) mass is 392 g/mol. The maximum atomic E-state index is 13.3. The van der Waals surface area contributed by atoms with Crippen molar-refractivity contribution in [3.8, 4) is 11.5 Å². The highest BCUT2D eigenvalue weighted by atomic mass is 16.5. The summed E-state index contributed by atoms with van der Waals surface area (Å²) in [5, 5.41) is 7.68. The first-order valence-corrected chi connectivity index (χ1v) is 9.37. The molecule has 1 aromatic carbocycles. The molecule has 0 spiro atoms. The molecule has 2 aromatic heterocycles. The number of furan rings is 1. The zero-order chi connectivity index (χ0) is 20.0. The van der Waals surface area contributed by atoms with Crippen LogP contribution in [0, 0.1) is 0 Å². The van der Waals surface area contributed by atoms with E-state index in [2.05, 4.69) is 15.4 Å². The molecule has 0 unspecified atom stereocenters. The number of allylic oxidation sites excluding steroid dienone is 2. The smallest absolute Gasteiger partial charge is 0.226 e. The molecule has 0 fully saturated rings. The van der Waals surface area contributed by atoms with Crippen LogP contribution < -0.4 is 14.8 Å². The number of rotatable bonds is 4. The molecular weight excluding hydrogens is 372 g/mol. The predicted octanol–water partition coefficient (Wildman–Crippen LogP) is 3.30. The summed E-state index contributed by atoms with van der Waals surface area (Å²) in [6.45, 7) is 0. The summed E-state index contributed by atoms with van der Waals surface area (Å²) in [4.78, 5) is 17.7. The fourth-order valence-corrected chi connectivity index (χ4v) is 4.22. The van der Waals surface area contributed by atoms with Crippen LogP contribution in [0.4, 0.5) is 5.95 Å². The minimum atomic E-state index is -0.446. The van der Waals surface area contributed by atoms with E-state index in [1.807, 2.05) is 30.3 Å². The van der Waals surface area contributed by atoms with Gasteiger partial charge in [-0.15, -0.1) is 0 Å². The minimum Gasteiger partial charge on any atom is -0.497 e. The normalized spacial score (nSPS) is 20.7. The van der Waals surface area contributed by atoms with E-state index in [1.54, 1.807) is 25.2 Å². The number of ketones is 1. The fourth-order valence-electron chi connectivity index (χ4n) is 4.22. The lowest BCUT2D eigenvalue weighted by Crippen LogP contribution is -2.33. The molecule has 2 atom stereocenters. The van der Waals surface area contributed by atoms with Crippen molar-refractivity contribution in [3.05, 3.63) is 65.5 Å². The second kappa shape index (κ2) is 6.80. The first-order valence-electron chi connectivity index (χ1n) is 9.37. The molecule has 0 saturated carbocycles. The number of carbonyl (C=O) groups excluding carboxylic acids is 1. The number of methoxy groups -OCH3 is 2. The number of nitrogens with one attached hydrogen (secondary N) is 1. The molecule has 1 N–H and O–H groups in total. The summed E-state index contributed by atoms with van der Waals surface area (Å²) < 4.78 is 18.3. The van der Waals surface area contributed by atoms with Gasteiger partial charge in [0.05, 0.1) is 20.5 Å². The lowest BCUT2D eigenvalue weighted by atomic mass is 9.79. The average molecular weight is 392 g/mol. The van der Waals surface area contributed by atoms with Gasteiger partial charge in [-0.2, -0.15) is 10.1 Å². The van der Waals surface area contributed by atoms with Gasteiger partial charge in [0.1, 0.15) is 29.6 Å². The van der Waals surface area contributed by atoms with E-state index < -0.39 is 6.04 Å². The van der Waals surface area contributed by atoms with E-state index in [-0.39, 0.29) is 11.7 Å². The molecule has 5 rings (SSSR count). The fraction of sp³-hybridized carbons (Fsp3) is 0.286. The van der Waals surface area contributed by atoms with Crippen molar-refractivity contribution < 1.29 is 18.7 Å². The SMILES string of the molecule is COc1ccc(OC)c([C@H]2C3=C(C[C@@H](c4ccco4)CC3=O)Nc3ncnn32)c1. The van der Waals surface area contributed by atoms with Crippen LogP contribution in [0.15, 0.2) is 58.6 Å². The minimum absolute atomic E-state index is 0.00826. The van der Waals surface area contributed by atoms with Crippen molar-refractivity contribution in [1.82, 2.24) is 14.8 Å². The topological polar surface area (TPSA) is 91.4 Å². The van der Waals surface area contributed by atoms with Gasteiger partial charge in [-0.25, -0.2) is 4.68 Å². The van der Waals surface area contributed by atoms with Gasteiger partial charge in [-0.1, -0.05) is 0 Å². The van der Waals surface area contributed by atoms with Crippen LogP contribution >= 0.6 is 0 Å². The Hall–Kier alpha value is -3.55. The summed E-state index contributed by atoms with van der Waals surface area (Å²) in [7, 11) is 3.22. The van der Waals surface area contributed by atoms with Crippen LogP contribution in [0.2, 0.25) is 0 Å². The number of ether oxygens (including phenoxy) is 2. The third-order valence-electron chi connectivity index (χ3n) is 5.54. The number of fused-ring (bicyclic) bond motifs is 1. The van der Waals surface area contributed by atoms with Crippen LogP contribution in [0.1, 0.15) is 36.1 Å². The zero-order valence-corrected chi connectivity index (χ0v) is 16.1. The highest BCUT2D eigenvalue weighted by molar-refractivity contribution is 6.00. The number of aromatic nitrogens is 3. The van der Waals surface area contributed by atoms with Crippen molar-refractivity contribution in [1.29, 1.82) is 0 Å².